The van der Waals surface area contributed by atoms with E-state index >= 15 is 0 Å². The second-order valence-corrected chi connectivity index (χ2v) is 4.66. The van der Waals surface area contributed by atoms with E-state index in [-0.39, 0.29) is 5.75 Å². The molecule has 0 aliphatic rings. The number of hydrogen-bond donors (Lipinski definition) is 2. The Morgan fingerprint density at radius 2 is 2.06 bits per heavy atom. The fraction of sp³-hybridized carbons (Fsp3) is 0.333. The van der Waals surface area contributed by atoms with E-state index in [0.717, 1.165) is 0 Å². The molecule has 5 nitrogen and oxygen atoms in total. The number of ether oxygens (including phenoxy) is 1. The molecule has 1 unspecified atom stereocenters. The Morgan fingerprint density at radius 1 is 1.41 bits per heavy atom. The van der Waals surface area contributed by atoms with Gasteiger partial charge in [0.1, 0.15) is 5.75 Å². The van der Waals surface area contributed by atoms with Crippen LogP contribution in [0.25, 0.3) is 0 Å². The van der Waals surface area contributed by atoms with E-state index in [0.29, 0.717) is 5.56 Å². The van der Waals surface area contributed by atoms with Gasteiger partial charge in [-0.25, -0.2) is 5.14 Å². The van der Waals surface area contributed by atoms with E-state index in [2.05, 4.69) is 9.46 Å². The number of nitrogens with two attached hydrogens (primary N) is 1. The molecule has 1 rings (SSSR count). The zero-order chi connectivity index (χ0) is 13.1. The van der Waals surface area contributed by atoms with Crippen LogP contribution in [0.1, 0.15) is 18.5 Å². The molecule has 0 aliphatic carbocycles. The number of rotatable bonds is 5. The largest absolute Gasteiger partial charge is 0.435 e. The minimum Gasteiger partial charge on any atom is -0.435 e. The van der Waals surface area contributed by atoms with Crippen molar-refractivity contribution in [2.24, 2.45) is 5.14 Å². The van der Waals surface area contributed by atoms with Crippen LogP contribution >= 0.6 is 0 Å². The second-order valence-electron chi connectivity index (χ2n) is 3.34. The number of alkyl halides is 2. The zero-order valence-corrected chi connectivity index (χ0v) is 9.75. The van der Waals surface area contributed by atoms with E-state index in [4.69, 9.17) is 5.14 Å². The molecule has 8 heteroatoms. The first kappa shape index (κ1) is 13.8. The Morgan fingerprint density at radius 3 is 2.59 bits per heavy atom. The Balaban J connectivity index is 2.84. The van der Waals surface area contributed by atoms with Gasteiger partial charge in [0.25, 0.3) is 10.2 Å². The standard InChI is InChI=1S/C9H12F2N2O3S/c1-6(13-17(12,14)15)7-3-2-4-8(5-7)16-9(10)11/h2-6,9,13H,1H3,(H2,12,14,15). The lowest BCUT2D eigenvalue weighted by molar-refractivity contribution is -0.0499. The molecule has 0 aromatic heterocycles. The molecule has 0 saturated carbocycles. The van der Waals surface area contributed by atoms with Crippen molar-refractivity contribution in [2.75, 3.05) is 0 Å². The van der Waals surface area contributed by atoms with Crippen LogP contribution in [0.3, 0.4) is 0 Å². The molecule has 0 heterocycles. The fourth-order valence-electron chi connectivity index (χ4n) is 1.27. The van der Waals surface area contributed by atoms with Gasteiger partial charge >= 0.3 is 6.61 Å². The Hall–Kier alpha value is -1.25. The lowest BCUT2D eigenvalue weighted by atomic mass is 10.1. The normalized spacial score (nSPS) is 13.7. The summed E-state index contributed by atoms with van der Waals surface area (Å²) in [6, 6.07) is 5.08. The second kappa shape index (κ2) is 5.39. The van der Waals surface area contributed by atoms with Gasteiger partial charge < -0.3 is 4.74 Å². The summed E-state index contributed by atoms with van der Waals surface area (Å²) in [6.07, 6.45) is 0. The van der Waals surface area contributed by atoms with E-state index < -0.39 is 22.9 Å². The Labute approximate surface area is 97.8 Å². The summed E-state index contributed by atoms with van der Waals surface area (Å²) in [5.74, 6) is -0.0411. The summed E-state index contributed by atoms with van der Waals surface area (Å²) in [7, 11) is -3.85. The molecule has 96 valence electrons. The highest BCUT2D eigenvalue weighted by Gasteiger charge is 2.12. The molecule has 3 N–H and O–H groups in total. The first-order chi connectivity index (χ1) is 7.78. The third-order valence-electron chi connectivity index (χ3n) is 1.92. The van der Waals surface area contributed by atoms with Gasteiger partial charge in [0.15, 0.2) is 0 Å². The maximum Gasteiger partial charge on any atom is 0.387 e. The van der Waals surface area contributed by atoms with E-state index in [1.54, 1.807) is 6.07 Å². The molecule has 1 aromatic carbocycles. The van der Waals surface area contributed by atoms with Gasteiger partial charge in [0.05, 0.1) is 0 Å². The van der Waals surface area contributed by atoms with Crippen molar-refractivity contribution in [1.82, 2.24) is 4.72 Å². The van der Waals surface area contributed by atoms with Crippen molar-refractivity contribution < 1.29 is 21.9 Å². The lowest BCUT2D eigenvalue weighted by Crippen LogP contribution is -2.32. The topological polar surface area (TPSA) is 81.4 Å². The molecule has 0 saturated heterocycles. The molecular weight excluding hydrogens is 254 g/mol. The van der Waals surface area contributed by atoms with Crippen molar-refractivity contribution >= 4 is 10.2 Å². The first-order valence-electron chi connectivity index (χ1n) is 4.63. The summed E-state index contributed by atoms with van der Waals surface area (Å²) in [4.78, 5) is 0. The molecule has 0 radical (unpaired) electrons. The average Bonchev–Trinajstić information content (AvgIpc) is 2.14. The van der Waals surface area contributed by atoms with Gasteiger partial charge in [-0.3, -0.25) is 0 Å². The summed E-state index contributed by atoms with van der Waals surface area (Å²) < 4.78 is 51.8. The van der Waals surface area contributed by atoms with E-state index in [9.17, 15) is 17.2 Å². The highest BCUT2D eigenvalue weighted by Crippen LogP contribution is 2.20. The van der Waals surface area contributed by atoms with Gasteiger partial charge in [0, 0.05) is 6.04 Å². The number of nitrogens with one attached hydrogen (secondary N) is 1. The highest BCUT2D eigenvalue weighted by atomic mass is 32.2. The maximum absolute atomic E-state index is 12.0. The molecule has 0 spiro atoms. The summed E-state index contributed by atoms with van der Waals surface area (Å²) in [5, 5.41) is 4.80. The minimum absolute atomic E-state index is 0.0411. The molecule has 0 bridgehead atoms. The zero-order valence-electron chi connectivity index (χ0n) is 8.93. The number of hydrogen-bond acceptors (Lipinski definition) is 3. The van der Waals surface area contributed by atoms with Crippen LogP contribution in [0, 0.1) is 0 Å². The van der Waals surface area contributed by atoms with Gasteiger partial charge in [0.2, 0.25) is 0 Å². The first-order valence-corrected chi connectivity index (χ1v) is 6.17. The third-order valence-corrected chi connectivity index (χ3v) is 2.61. The molecule has 17 heavy (non-hydrogen) atoms. The summed E-state index contributed by atoms with van der Waals surface area (Å²) >= 11 is 0. The fourth-order valence-corrected chi connectivity index (χ4v) is 1.90. The van der Waals surface area contributed by atoms with Gasteiger partial charge in [-0.05, 0) is 24.6 Å². The van der Waals surface area contributed by atoms with Crippen molar-refractivity contribution in [3.63, 3.8) is 0 Å². The smallest absolute Gasteiger partial charge is 0.387 e. The van der Waals surface area contributed by atoms with Gasteiger partial charge in [-0.1, -0.05) is 12.1 Å². The lowest BCUT2D eigenvalue weighted by Gasteiger charge is -2.13. The third kappa shape index (κ3) is 5.07. The number of benzene rings is 1. The highest BCUT2D eigenvalue weighted by molar-refractivity contribution is 7.87. The maximum atomic E-state index is 12.0. The summed E-state index contributed by atoms with van der Waals surface area (Å²) in [5.41, 5.74) is 0.470. The predicted octanol–water partition coefficient (Wildman–Crippen LogP) is 1.14. The minimum atomic E-state index is -3.85. The van der Waals surface area contributed by atoms with E-state index in [1.807, 2.05) is 0 Å². The molecule has 0 amide bonds. The van der Waals surface area contributed by atoms with Crippen molar-refractivity contribution in [3.8, 4) is 5.75 Å². The quantitative estimate of drug-likeness (QED) is 0.838. The Bertz CT molecular complexity index is 479. The SMILES string of the molecule is CC(NS(N)(=O)=O)c1cccc(OC(F)F)c1. The van der Waals surface area contributed by atoms with Crippen LogP contribution < -0.4 is 14.6 Å². The molecule has 0 fully saturated rings. The van der Waals surface area contributed by atoms with E-state index in [1.165, 1.54) is 25.1 Å². The van der Waals surface area contributed by atoms with Crippen molar-refractivity contribution in [3.05, 3.63) is 29.8 Å². The molecule has 1 atom stereocenters. The van der Waals surface area contributed by atoms with Gasteiger partial charge in [-0.2, -0.15) is 21.9 Å². The van der Waals surface area contributed by atoms with Crippen LogP contribution in [0.4, 0.5) is 8.78 Å². The van der Waals surface area contributed by atoms with Crippen LogP contribution in [-0.2, 0) is 10.2 Å². The molecular formula is C9H12F2N2O3S. The predicted molar refractivity (Wildman–Crippen MR) is 57.7 cm³/mol. The van der Waals surface area contributed by atoms with Crippen LogP contribution in [0.5, 0.6) is 5.75 Å². The van der Waals surface area contributed by atoms with Gasteiger partial charge in [-0.15, -0.1) is 0 Å². The molecule has 0 aliphatic heterocycles. The number of halogens is 2. The van der Waals surface area contributed by atoms with Crippen molar-refractivity contribution in [1.29, 1.82) is 0 Å². The Kier molecular flexibility index (Phi) is 4.38. The van der Waals surface area contributed by atoms with Crippen LogP contribution in [-0.4, -0.2) is 15.0 Å². The average molecular weight is 266 g/mol. The summed E-state index contributed by atoms with van der Waals surface area (Å²) in [6.45, 7) is -1.39. The van der Waals surface area contributed by atoms with Crippen molar-refractivity contribution in [2.45, 2.75) is 19.6 Å². The van der Waals surface area contributed by atoms with Crippen LogP contribution in [0.15, 0.2) is 24.3 Å². The molecule has 1 aromatic rings. The monoisotopic (exact) mass is 266 g/mol. The van der Waals surface area contributed by atoms with Crippen LogP contribution in [0.2, 0.25) is 0 Å².